The van der Waals surface area contributed by atoms with Gasteiger partial charge in [-0.15, -0.1) is 0 Å². The summed E-state index contributed by atoms with van der Waals surface area (Å²) in [5.74, 6) is -0.699. The molecular formula is C12H20O4. The van der Waals surface area contributed by atoms with Crippen LogP contribution in [0.1, 0.15) is 27.7 Å². The molecule has 92 valence electrons. The first kappa shape index (κ1) is 13.2. The Bertz CT molecular complexity index is 270. The molecule has 0 spiro atoms. The third-order valence-corrected chi connectivity index (χ3v) is 2.44. The molecule has 16 heavy (non-hydrogen) atoms. The second-order valence-electron chi connectivity index (χ2n) is 4.34. The minimum absolute atomic E-state index is 0.000626. The molecule has 0 aliphatic carbocycles. The molecule has 0 unspecified atom stereocenters. The van der Waals surface area contributed by atoms with Crippen LogP contribution < -0.4 is 0 Å². The average molecular weight is 228 g/mol. The predicted molar refractivity (Wildman–Crippen MR) is 59.8 cm³/mol. The Balaban J connectivity index is 2.41. The second-order valence-corrected chi connectivity index (χ2v) is 4.34. The smallest absolute Gasteiger partial charge is 0.330 e. The highest BCUT2D eigenvalue weighted by Crippen LogP contribution is 2.27. The van der Waals surface area contributed by atoms with Crippen molar-refractivity contribution in [3.63, 3.8) is 0 Å². The number of carbonyl (C=O) groups excluding carboxylic acids is 1. The van der Waals surface area contributed by atoms with Crippen molar-refractivity contribution in [2.45, 2.75) is 39.6 Å². The molecule has 1 heterocycles. The van der Waals surface area contributed by atoms with E-state index in [0.29, 0.717) is 13.2 Å². The largest absolute Gasteiger partial charge is 0.463 e. The number of esters is 1. The van der Waals surface area contributed by atoms with Crippen LogP contribution in [-0.2, 0) is 19.0 Å². The van der Waals surface area contributed by atoms with E-state index in [9.17, 15) is 4.79 Å². The van der Waals surface area contributed by atoms with Crippen LogP contribution in [0.4, 0.5) is 0 Å². The third-order valence-electron chi connectivity index (χ3n) is 2.44. The van der Waals surface area contributed by atoms with Crippen LogP contribution in [-0.4, -0.2) is 31.1 Å². The van der Waals surface area contributed by atoms with Gasteiger partial charge in [-0.2, -0.15) is 0 Å². The van der Waals surface area contributed by atoms with E-state index in [2.05, 4.69) is 0 Å². The maximum Gasteiger partial charge on any atom is 0.330 e. The molecule has 2 atom stereocenters. The first-order chi connectivity index (χ1) is 7.44. The summed E-state index contributed by atoms with van der Waals surface area (Å²) < 4.78 is 15.9. The van der Waals surface area contributed by atoms with Gasteiger partial charge in [0.25, 0.3) is 0 Å². The zero-order chi connectivity index (χ0) is 12.2. The van der Waals surface area contributed by atoms with Crippen molar-refractivity contribution >= 4 is 5.97 Å². The SMILES string of the molecule is CCOC(=O)/C=C/[C@H](C)[C@@H]1COC(C)(C)O1. The Kier molecular flexibility index (Phi) is 4.50. The van der Waals surface area contributed by atoms with Gasteiger partial charge in [-0.25, -0.2) is 4.79 Å². The highest BCUT2D eigenvalue weighted by atomic mass is 16.7. The van der Waals surface area contributed by atoms with Gasteiger partial charge in [0, 0.05) is 12.0 Å². The van der Waals surface area contributed by atoms with Crippen molar-refractivity contribution in [3.8, 4) is 0 Å². The number of hydrogen-bond donors (Lipinski definition) is 0. The molecule has 0 saturated carbocycles. The van der Waals surface area contributed by atoms with Gasteiger partial charge >= 0.3 is 5.97 Å². The molecule has 1 aliphatic rings. The van der Waals surface area contributed by atoms with Crippen molar-refractivity contribution in [1.29, 1.82) is 0 Å². The summed E-state index contributed by atoms with van der Waals surface area (Å²) in [6.45, 7) is 8.50. The van der Waals surface area contributed by atoms with Crippen LogP contribution in [0.15, 0.2) is 12.2 Å². The van der Waals surface area contributed by atoms with Crippen LogP contribution in [0.25, 0.3) is 0 Å². The monoisotopic (exact) mass is 228 g/mol. The molecule has 0 N–H and O–H groups in total. The van der Waals surface area contributed by atoms with Gasteiger partial charge in [0.1, 0.15) is 0 Å². The van der Waals surface area contributed by atoms with Crippen LogP contribution in [0.5, 0.6) is 0 Å². The van der Waals surface area contributed by atoms with E-state index in [1.807, 2.05) is 20.8 Å². The third kappa shape index (κ3) is 3.94. The average Bonchev–Trinajstić information content (AvgIpc) is 2.56. The van der Waals surface area contributed by atoms with Crippen LogP contribution in [0.3, 0.4) is 0 Å². The standard InChI is InChI=1S/C12H20O4/c1-5-14-11(13)7-6-9(2)10-8-15-12(3,4)16-10/h6-7,9-10H,5,8H2,1-4H3/b7-6+/t9-,10-/m0/s1. The first-order valence-corrected chi connectivity index (χ1v) is 5.61. The maximum absolute atomic E-state index is 11.1. The summed E-state index contributed by atoms with van der Waals surface area (Å²) >= 11 is 0. The van der Waals surface area contributed by atoms with Gasteiger partial charge in [0.15, 0.2) is 5.79 Å². The highest BCUT2D eigenvalue weighted by molar-refractivity contribution is 5.81. The lowest BCUT2D eigenvalue weighted by Gasteiger charge is -2.19. The fourth-order valence-corrected chi connectivity index (χ4v) is 1.52. The summed E-state index contributed by atoms with van der Waals surface area (Å²) in [6, 6.07) is 0. The van der Waals surface area contributed by atoms with Crippen LogP contribution in [0.2, 0.25) is 0 Å². The fraction of sp³-hybridized carbons (Fsp3) is 0.750. The molecule has 1 aliphatic heterocycles. The highest BCUT2D eigenvalue weighted by Gasteiger charge is 2.34. The fourth-order valence-electron chi connectivity index (χ4n) is 1.52. The molecular weight excluding hydrogens is 208 g/mol. The van der Waals surface area contributed by atoms with E-state index < -0.39 is 5.79 Å². The van der Waals surface area contributed by atoms with E-state index in [4.69, 9.17) is 14.2 Å². The van der Waals surface area contributed by atoms with Crippen molar-refractivity contribution in [2.75, 3.05) is 13.2 Å². The van der Waals surface area contributed by atoms with Crippen molar-refractivity contribution in [2.24, 2.45) is 5.92 Å². The van der Waals surface area contributed by atoms with E-state index in [0.717, 1.165) is 0 Å². The predicted octanol–water partition coefficient (Wildman–Crippen LogP) is 1.89. The van der Waals surface area contributed by atoms with Crippen LogP contribution >= 0.6 is 0 Å². The van der Waals surface area contributed by atoms with Crippen LogP contribution in [0, 0.1) is 5.92 Å². The lowest BCUT2D eigenvalue weighted by Crippen LogP contribution is -2.24. The molecule has 0 aromatic rings. The molecule has 1 fully saturated rings. The second kappa shape index (κ2) is 5.46. The van der Waals surface area contributed by atoms with Crippen molar-refractivity contribution < 1.29 is 19.0 Å². The van der Waals surface area contributed by atoms with E-state index in [1.165, 1.54) is 6.08 Å². The quantitative estimate of drug-likeness (QED) is 0.544. The molecule has 0 aromatic heterocycles. The Hall–Kier alpha value is -0.870. The summed E-state index contributed by atoms with van der Waals surface area (Å²) in [5, 5.41) is 0. The molecule has 4 nitrogen and oxygen atoms in total. The van der Waals surface area contributed by atoms with Gasteiger partial charge < -0.3 is 14.2 Å². The van der Waals surface area contributed by atoms with Gasteiger partial charge in [-0.1, -0.05) is 13.0 Å². The van der Waals surface area contributed by atoms with E-state index in [-0.39, 0.29) is 18.0 Å². The minimum Gasteiger partial charge on any atom is -0.463 e. The number of hydrogen-bond acceptors (Lipinski definition) is 4. The summed E-state index contributed by atoms with van der Waals surface area (Å²) in [5.41, 5.74) is 0. The number of carbonyl (C=O) groups is 1. The Morgan fingerprint density at radius 3 is 2.81 bits per heavy atom. The Morgan fingerprint density at radius 2 is 2.31 bits per heavy atom. The Labute approximate surface area is 96.6 Å². The number of ether oxygens (including phenoxy) is 3. The van der Waals surface area contributed by atoms with Crippen molar-refractivity contribution in [1.82, 2.24) is 0 Å². The maximum atomic E-state index is 11.1. The van der Waals surface area contributed by atoms with Gasteiger partial charge in [-0.05, 0) is 20.8 Å². The zero-order valence-electron chi connectivity index (χ0n) is 10.4. The molecule has 1 saturated heterocycles. The topological polar surface area (TPSA) is 44.8 Å². The summed E-state index contributed by atoms with van der Waals surface area (Å²) in [6.07, 6.45) is 3.25. The minimum atomic E-state index is -0.517. The first-order valence-electron chi connectivity index (χ1n) is 5.61. The molecule has 0 radical (unpaired) electrons. The molecule has 4 heteroatoms. The van der Waals surface area contributed by atoms with Gasteiger partial charge in [-0.3, -0.25) is 0 Å². The Morgan fingerprint density at radius 1 is 1.62 bits per heavy atom. The van der Waals surface area contributed by atoms with Gasteiger partial charge in [0.05, 0.1) is 19.3 Å². The van der Waals surface area contributed by atoms with Gasteiger partial charge in [0.2, 0.25) is 0 Å². The molecule has 0 amide bonds. The van der Waals surface area contributed by atoms with Crippen molar-refractivity contribution in [3.05, 3.63) is 12.2 Å². The lowest BCUT2D eigenvalue weighted by atomic mass is 10.1. The summed E-state index contributed by atoms with van der Waals surface area (Å²) in [4.78, 5) is 11.1. The molecule has 1 rings (SSSR count). The summed E-state index contributed by atoms with van der Waals surface area (Å²) in [7, 11) is 0. The van der Waals surface area contributed by atoms with E-state index >= 15 is 0 Å². The zero-order valence-corrected chi connectivity index (χ0v) is 10.4. The number of rotatable bonds is 4. The van der Waals surface area contributed by atoms with E-state index in [1.54, 1.807) is 13.0 Å². The lowest BCUT2D eigenvalue weighted by molar-refractivity contribution is -0.141. The molecule has 0 bridgehead atoms. The molecule has 0 aromatic carbocycles. The normalized spacial score (nSPS) is 25.9.